The first-order chi connectivity index (χ1) is 28.8. The number of aliphatic carboxylic acids is 12. The molecule has 0 saturated carbocycles. The summed E-state index contributed by atoms with van der Waals surface area (Å²) in [6, 6.07) is 0. The van der Waals surface area contributed by atoms with Gasteiger partial charge in [-0.05, 0) is 0 Å². The van der Waals surface area contributed by atoms with Crippen LogP contribution in [0.2, 0.25) is 0 Å². The molecule has 37 heteroatoms. The number of aliphatic hydroxyl groups is 3. The fourth-order valence-electron chi connectivity index (χ4n) is 4.48. The Kier molecular flexibility index (Phi) is 47.5. The number of carboxylic acids is 12. The van der Waals surface area contributed by atoms with Crippen LogP contribution in [-0.4, -0.2) is 233 Å². The molecule has 3 N–H and O–H groups in total. The standard InChI is InChI=1S/3C10H16N2O9.4Fe/c3*13-6(12(4-9(18)19)5-10(20)21)1-11(2-7(14)15)3-8(16)17;;;;/h3*6,13H,1-5H2,(H,14,15)(H,16,17)(H,18,19)(H,20,21);;;;/q;;;4*+3/p-12. The fourth-order valence-corrected chi connectivity index (χ4v) is 4.48. The monoisotopic (exact) mass is 1140 g/mol. The van der Waals surface area contributed by atoms with E-state index in [9.17, 15) is 134 Å². The average Bonchev–Trinajstić information content (AvgIpc) is 3.04. The number of carbonyl (C=O) groups is 12. The summed E-state index contributed by atoms with van der Waals surface area (Å²) in [5.41, 5.74) is 0. The van der Waals surface area contributed by atoms with Crippen LogP contribution in [0.15, 0.2) is 0 Å². The van der Waals surface area contributed by atoms with Crippen molar-refractivity contribution >= 4 is 71.6 Å². The van der Waals surface area contributed by atoms with Gasteiger partial charge in [-0.25, -0.2) is 0 Å². The van der Waals surface area contributed by atoms with Crippen molar-refractivity contribution in [2.75, 3.05) is 98.2 Å². The third kappa shape index (κ3) is 47.6. The Hall–Kier alpha value is -4.64. The van der Waals surface area contributed by atoms with Gasteiger partial charge in [0.05, 0.1) is 71.6 Å². The largest absolute Gasteiger partial charge is 3.00 e. The van der Waals surface area contributed by atoms with Gasteiger partial charge in [0.1, 0.15) is 18.7 Å². The second-order valence-electron chi connectivity index (χ2n) is 12.1. The van der Waals surface area contributed by atoms with E-state index in [1.165, 1.54) is 0 Å². The summed E-state index contributed by atoms with van der Waals surface area (Å²) in [6.45, 7) is -13.1. The summed E-state index contributed by atoms with van der Waals surface area (Å²) >= 11 is 0. The normalized spacial score (nSPS) is 11.6. The maximum atomic E-state index is 10.4. The van der Waals surface area contributed by atoms with Crippen molar-refractivity contribution in [3.63, 3.8) is 0 Å². The molecule has 0 spiro atoms. The van der Waals surface area contributed by atoms with Gasteiger partial charge in [-0.15, -0.1) is 0 Å². The second-order valence-corrected chi connectivity index (χ2v) is 12.1. The molecule has 0 amide bonds. The Bertz CT molecular complexity index is 1340. The summed E-state index contributed by atoms with van der Waals surface area (Å²) in [5.74, 6) is -20.0. The maximum absolute atomic E-state index is 10.4. The first-order valence-corrected chi connectivity index (χ1v) is 16.7. The van der Waals surface area contributed by atoms with E-state index in [1.807, 2.05) is 0 Å². The molecular formula is C30H36Fe4N6O27. The molecule has 0 heterocycles. The van der Waals surface area contributed by atoms with E-state index in [0.717, 1.165) is 0 Å². The van der Waals surface area contributed by atoms with Crippen molar-refractivity contribution < 1.29 is 202 Å². The van der Waals surface area contributed by atoms with Crippen molar-refractivity contribution in [3.05, 3.63) is 0 Å². The van der Waals surface area contributed by atoms with Crippen LogP contribution in [0, 0.1) is 0 Å². The van der Waals surface area contributed by atoms with Crippen molar-refractivity contribution in [1.82, 2.24) is 29.4 Å². The van der Waals surface area contributed by atoms with Crippen LogP contribution in [0.25, 0.3) is 0 Å². The molecule has 3 unspecified atom stereocenters. The van der Waals surface area contributed by atoms with Crippen molar-refractivity contribution in [3.8, 4) is 0 Å². The van der Waals surface area contributed by atoms with Gasteiger partial charge in [-0.3, -0.25) is 29.4 Å². The summed E-state index contributed by atoms with van der Waals surface area (Å²) in [5, 5.41) is 154. The fraction of sp³-hybridized carbons (Fsp3) is 0.600. The van der Waals surface area contributed by atoms with Gasteiger partial charge >= 0.3 is 68.3 Å². The molecule has 0 aromatic heterocycles. The zero-order valence-electron chi connectivity index (χ0n) is 33.6. The van der Waals surface area contributed by atoms with Gasteiger partial charge in [0.25, 0.3) is 0 Å². The molecule has 0 saturated heterocycles. The Balaban J connectivity index is -0.000000157. The van der Waals surface area contributed by atoms with Gasteiger partial charge in [0.2, 0.25) is 0 Å². The van der Waals surface area contributed by atoms with Crippen LogP contribution in [0.1, 0.15) is 0 Å². The van der Waals surface area contributed by atoms with Gasteiger partial charge < -0.3 is 134 Å². The number of rotatable bonds is 33. The minimum absolute atomic E-state index is 0. The Morgan fingerprint density at radius 3 is 0.448 bits per heavy atom. The van der Waals surface area contributed by atoms with Crippen LogP contribution < -0.4 is 61.3 Å². The van der Waals surface area contributed by atoms with Gasteiger partial charge in [-0.1, -0.05) is 0 Å². The molecule has 0 rings (SSSR count). The topological polar surface area (TPSA) is 562 Å². The van der Waals surface area contributed by atoms with Crippen molar-refractivity contribution in [2.45, 2.75) is 18.7 Å². The molecule has 0 fully saturated rings. The van der Waals surface area contributed by atoms with E-state index >= 15 is 0 Å². The molecule has 0 aliphatic rings. The minimum atomic E-state index is -1.78. The van der Waals surface area contributed by atoms with Crippen molar-refractivity contribution in [2.24, 2.45) is 0 Å². The molecular weight excluding hydrogens is 1100 g/mol. The Morgan fingerprint density at radius 1 is 0.254 bits per heavy atom. The number of carbonyl (C=O) groups excluding carboxylic acids is 12. The first-order valence-electron chi connectivity index (χ1n) is 16.7. The van der Waals surface area contributed by atoms with Crippen LogP contribution in [0.5, 0.6) is 0 Å². The van der Waals surface area contributed by atoms with E-state index in [4.69, 9.17) is 0 Å². The number of nitrogens with zero attached hydrogens (tertiary/aromatic N) is 6. The molecule has 0 aromatic rings. The predicted molar refractivity (Wildman–Crippen MR) is 162 cm³/mol. The van der Waals surface area contributed by atoms with E-state index in [0.29, 0.717) is 29.4 Å². The molecule has 0 aromatic carbocycles. The predicted octanol–water partition coefficient (Wildman–Crippen LogP) is -24.3. The van der Waals surface area contributed by atoms with Crippen molar-refractivity contribution in [1.29, 1.82) is 0 Å². The molecule has 4 radical (unpaired) electrons. The Morgan fingerprint density at radius 2 is 0.358 bits per heavy atom. The van der Waals surface area contributed by atoms with Crippen LogP contribution in [-0.2, 0) is 126 Å². The summed E-state index contributed by atoms with van der Waals surface area (Å²) in [7, 11) is 0. The van der Waals surface area contributed by atoms with Gasteiger partial charge in [0, 0.05) is 98.2 Å². The zero-order chi connectivity index (χ0) is 49.7. The molecule has 380 valence electrons. The summed E-state index contributed by atoms with van der Waals surface area (Å²) in [6.07, 6.45) is -5.33. The number of hydrogen-bond donors (Lipinski definition) is 3. The third-order valence-corrected chi connectivity index (χ3v) is 6.64. The molecule has 0 aliphatic heterocycles. The molecule has 33 nitrogen and oxygen atoms in total. The Labute approximate surface area is 418 Å². The van der Waals surface area contributed by atoms with Gasteiger partial charge in [0.15, 0.2) is 0 Å². The molecule has 0 aliphatic carbocycles. The van der Waals surface area contributed by atoms with E-state index < -0.39 is 188 Å². The average molecular weight is 1140 g/mol. The molecule has 0 bridgehead atoms. The SMILES string of the molecule is O=C([O-])CN(CC(=O)[O-])CC(O)N(CC(=O)[O-])CC(=O)[O-].O=C([O-])CN(CC(=O)[O-])CC(O)N(CC(=O)[O-])CC(=O)[O-].O=C([O-])CN(CC(=O)[O-])CC(O)N(CC(=O)[O-])CC(=O)[O-].[Fe+3].[Fe+3].[Fe+3].[Fe+3]. The minimum Gasteiger partial charge on any atom is -0.549 e. The number of aliphatic hydroxyl groups excluding tert-OH is 3. The van der Waals surface area contributed by atoms with Crippen LogP contribution in [0.4, 0.5) is 0 Å². The number of hydrogen-bond acceptors (Lipinski definition) is 33. The smallest absolute Gasteiger partial charge is 0.549 e. The van der Waals surface area contributed by atoms with Crippen LogP contribution in [0.3, 0.4) is 0 Å². The van der Waals surface area contributed by atoms with E-state index in [2.05, 4.69) is 0 Å². The second kappa shape index (κ2) is 41.5. The van der Waals surface area contributed by atoms with Crippen LogP contribution >= 0.6 is 0 Å². The zero-order valence-corrected chi connectivity index (χ0v) is 38.0. The van der Waals surface area contributed by atoms with Gasteiger partial charge in [-0.2, -0.15) is 0 Å². The number of carboxylic acid groups (broad SMARTS) is 12. The van der Waals surface area contributed by atoms with E-state index in [1.54, 1.807) is 0 Å². The first kappa shape index (κ1) is 76.6. The molecule has 67 heavy (non-hydrogen) atoms. The summed E-state index contributed by atoms with van der Waals surface area (Å²) in [4.78, 5) is 129. The summed E-state index contributed by atoms with van der Waals surface area (Å²) < 4.78 is 0. The molecule has 3 atom stereocenters. The van der Waals surface area contributed by atoms with E-state index in [-0.39, 0.29) is 68.3 Å². The maximum Gasteiger partial charge on any atom is 3.00 e. The third-order valence-electron chi connectivity index (χ3n) is 6.64. The quantitative estimate of drug-likeness (QED) is 0.0406.